The van der Waals surface area contributed by atoms with E-state index in [4.69, 9.17) is 4.74 Å². The molecule has 0 aromatic heterocycles. The second kappa shape index (κ2) is 7.36. The Morgan fingerprint density at radius 2 is 1.87 bits per heavy atom. The molecule has 3 aliphatic rings. The number of imide groups is 1. The van der Waals surface area contributed by atoms with Crippen LogP contribution in [0.15, 0.2) is 36.4 Å². The molecule has 1 saturated heterocycles. The molecule has 1 saturated carbocycles. The van der Waals surface area contributed by atoms with Gasteiger partial charge in [0, 0.05) is 17.8 Å². The first-order valence-electron chi connectivity index (χ1n) is 9.54. The maximum atomic E-state index is 12.7. The zero-order valence-electron chi connectivity index (χ0n) is 16.0. The van der Waals surface area contributed by atoms with Crippen LogP contribution in [0.2, 0.25) is 0 Å². The van der Waals surface area contributed by atoms with Crippen LogP contribution in [0.5, 0.6) is 0 Å². The molecule has 10 nitrogen and oxygen atoms in total. The van der Waals surface area contributed by atoms with Gasteiger partial charge in [-0.25, -0.2) is 4.79 Å². The molecule has 156 valence electrons. The fourth-order valence-electron chi connectivity index (χ4n) is 4.56. The Morgan fingerprint density at radius 1 is 1.23 bits per heavy atom. The summed E-state index contributed by atoms with van der Waals surface area (Å²) in [6, 6.07) is 4.17. The van der Waals surface area contributed by atoms with Gasteiger partial charge in [0.15, 0.2) is 6.61 Å². The van der Waals surface area contributed by atoms with Gasteiger partial charge in [-0.15, -0.1) is 0 Å². The summed E-state index contributed by atoms with van der Waals surface area (Å²) in [5.74, 6) is -3.07. The van der Waals surface area contributed by atoms with Gasteiger partial charge in [-0.1, -0.05) is 18.2 Å². The summed E-state index contributed by atoms with van der Waals surface area (Å²) in [7, 11) is 0. The molecule has 1 aromatic rings. The number of nitrogens with one attached hydrogen (secondary N) is 1. The van der Waals surface area contributed by atoms with Crippen molar-refractivity contribution in [2.45, 2.75) is 19.4 Å². The van der Waals surface area contributed by atoms with E-state index in [1.165, 1.54) is 31.2 Å². The Bertz CT molecular complexity index is 958. The summed E-state index contributed by atoms with van der Waals surface area (Å²) in [6.45, 7) is 0.745. The van der Waals surface area contributed by atoms with E-state index >= 15 is 0 Å². The van der Waals surface area contributed by atoms with E-state index < -0.39 is 41.3 Å². The van der Waals surface area contributed by atoms with Gasteiger partial charge in [0.2, 0.25) is 11.8 Å². The Morgan fingerprint density at radius 3 is 2.47 bits per heavy atom. The molecular formula is C20H19N3O7. The van der Waals surface area contributed by atoms with Gasteiger partial charge < -0.3 is 10.1 Å². The Kier molecular flexibility index (Phi) is 4.84. The van der Waals surface area contributed by atoms with E-state index in [2.05, 4.69) is 5.32 Å². The van der Waals surface area contributed by atoms with E-state index in [0.29, 0.717) is 0 Å². The summed E-state index contributed by atoms with van der Waals surface area (Å²) in [4.78, 5) is 61.0. The zero-order valence-corrected chi connectivity index (χ0v) is 16.0. The summed E-state index contributed by atoms with van der Waals surface area (Å²) in [5.41, 5.74) is -0.0162. The molecule has 4 rings (SSSR count). The third-order valence-electron chi connectivity index (χ3n) is 5.92. The van der Waals surface area contributed by atoms with Crippen molar-refractivity contribution in [2.24, 2.45) is 23.7 Å². The Hall–Kier alpha value is -3.56. The number of carbonyl (C=O) groups is 4. The van der Waals surface area contributed by atoms with E-state index in [0.717, 1.165) is 11.3 Å². The lowest BCUT2D eigenvalue weighted by Gasteiger charge is -2.23. The van der Waals surface area contributed by atoms with Crippen molar-refractivity contribution in [1.82, 2.24) is 4.90 Å². The van der Waals surface area contributed by atoms with Crippen LogP contribution in [0.1, 0.15) is 13.3 Å². The number of amides is 3. The fourth-order valence-corrected chi connectivity index (χ4v) is 4.56. The number of benzene rings is 1. The average Bonchev–Trinajstić information content (AvgIpc) is 3.39. The minimum atomic E-state index is -1.14. The molecule has 2 aliphatic carbocycles. The van der Waals surface area contributed by atoms with Crippen molar-refractivity contribution in [1.29, 1.82) is 0 Å². The maximum absolute atomic E-state index is 12.7. The smallest absolute Gasteiger partial charge is 0.329 e. The number of nitro groups is 1. The molecule has 30 heavy (non-hydrogen) atoms. The number of allylic oxidation sites excluding steroid dienone is 2. The number of rotatable bonds is 6. The maximum Gasteiger partial charge on any atom is 0.329 e. The van der Waals surface area contributed by atoms with Gasteiger partial charge in [0.25, 0.3) is 11.6 Å². The zero-order chi connectivity index (χ0) is 21.6. The number of likely N-dealkylation sites (tertiary alicyclic amines) is 1. The second-order valence-electron chi connectivity index (χ2n) is 7.69. The number of fused-ring (bicyclic) bond motifs is 5. The first-order chi connectivity index (χ1) is 14.3. The summed E-state index contributed by atoms with van der Waals surface area (Å²) in [6.07, 6.45) is 4.71. The first-order valence-corrected chi connectivity index (χ1v) is 9.54. The van der Waals surface area contributed by atoms with Crippen molar-refractivity contribution < 1.29 is 28.8 Å². The number of carbonyl (C=O) groups excluding carboxylic acids is 4. The lowest BCUT2D eigenvalue weighted by Crippen LogP contribution is -2.45. The summed E-state index contributed by atoms with van der Waals surface area (Å²) >= 11 is 0. The van der Waals surface area contributed by atoms with Crippen LogP contribution in [0.3, 0.4) is 0 Å². The van der Waals surface area contributed by atoms with Gasteiger partial charge in [-0.05, 0) is 31.2 Å². The van der Waals surface area contributed by atoms with Crippen molar-refractivity contribution in [3.63, 3.8) is 0 Å². The van der Waals surface area contributed by atoms with Crippen LogP contribution < -0.4 is 5.32 Å². The van der Waals surface area contributed by atoms with Gasteiger partial charge in [-0.2, -0.15) is 0 Å². The van der Waals surface area contributed by atoms with Gasteiger partial charge in [0.1, 0.15) is 6.04 Å². The minimum Gasteiger partial charge on any atom is -0.454 e. The highest BCUT2D eigenvalue weighted by Gasteiger charge is 2.60. The standard InChI is InChI=1S/C20H19N3O7/c1-10(22-18(25)16-11-5-6-12(7-11)17(16)19(22)26)20(27)30-9-15(24)21-13-3-2-4-14(8-13)23(28)29/h2-6,8,10-12,16-17H,7,9H2,1H3,(H,21,24)/t10-,11-,12-,16-,17+/m0/s1. The molecule has 2 bridgehead atoms. The Labute approximate surface area is 171 Å². The van der Waals surface area contributed by atoms with Crippen LogP contribution in [-0.2, 0) is 23.9 Å². The molecule has 5 atom stereocenters. The predicted molar refractivity (Wildman–Crippen MR) is 102 cm³/mol. The molecule has 0 radical (unpaired) electrons. The number of ether oxygens (including phenoxy) is 1. The van der Waals surface area contributed by atoms with Crippen LogP contribution in [0.4, 0.5) is 11.4 Å². The molecule has 3 amide bonds. The third kappa shape index (κ3) is 3.23. The molecule has 0 spiro atoms. The molecule has 2 fully saturated rings. The van der Waals surface area contributed by atoms with Crippen molar-refractivity contribution in [2.75, 3.05) is 11.9 Å². The highest BCUT2D eigenvalue weighted by Crippen LogP contribution is 2.52. The minimum absolute atomic E-state index is 0.0328. The first kappa shape index (κ1) is 19.7. The molecule has 1 heterocycles. The molecular weight excluding hydrogens is 394 g/mol. The topological polar surface area (TPSA) is 136 Å². The lowest BCUT2D eigenvalue weighted by atomic mass is 9.85. The van der Waals surface area contributed by atoms with Crippen LogP contribution in [0, 0.1) is 33.8 Å². The molecule has 1 N–H and O–H groups in total. The molecule has 1 aromatic carbocycles. The van der Waals surface area contributed by atoms with Gasteiger partial charge in [0.05, 0.1) is 16.8 Å². The number of anilines is 1. The second-order valence-corrected chi connectivity index (χ2v) is 7.69. The Balaban J connectivity index is 1.34. The van der Waals surface area contributed by atoms with E-state index in [-0.39, 0.29) is 35.0 Å². The summed E-state index contributed by atoms with van der Waals surface area (Å²) in [5, 5.41) is 13.2. The van der Waals surface area contributed by atoms with Crippen molar-refractivity contribution in [3.8, 4) is 0 Å². The van der Waals surface area contributed by atoms with Gasteiger partial charge >= 0.3 is 5.97 Å². The molecule has 10 heteroatoms. The quantitative estimate of drug-likeness (QED) is 0.244. The van der Waals surface area contributed by atoms with E-state index in [1.54, 1.807) is 0 Å². The van der Waals surface area contributed by atoms with Crippen LogP contribution in [-0.4, -0.2) is 46.2 Å². The van der Waals surface area contributed by atoms with E-state index in [9.17, 15) is 29.3 Å². The van der Waals surface area contributed by atoms with Crippen molar-refractivity contribution in [3.05, 3.63) is 46.5 Å². The van der Waals surface area contributed by atoms with Crippen molar-refractivity contribution >= 4 is 35.1 Å². The SMILES string of the molecule is C[C@@H](C(=O)OCC(=O)Nc1cccc([N+](=O)[O-])c1)N1C(=O)[C@@H]2[C@H](C1=O)[C@H]1C=C[C@H]2C1. The monoisotopic (exact) mass is 413 g/mol. The summed E-state index contributed by atoms with van der Waals surface area (Å²) < 4.78 is 4.97. The average molecular weight is 413 g/mol. The predicted octanol–water partition coefficient (Wildman–Crippen LogP) is 1.27. The number of non-ortho nitro benzene ring substituents is 1. The number of hydrogen-bond donors (Lipinski definition) is 1. The number of nitro benzene ring substituents is 1. The highest BCUT2D eigenvalue weighted by molar-refractivity contribution is 6.09. The molecule has 1 aliphatic heterocycles. The van der Waals surface area contributed by atoms with Gasteiger partial charge in [-0.3, -0.25) is 29.4 Å². The van der Waals surface area contributed by atoms with Crippen LogP contribution in [0.25, 0.3) is 0 Å². The van der Waals surface area contributed by atoms with Crippen LogP contribution >= 0.6 is 0 Å². The number of nitrogens with zero attached hydrogens (tertiary/aromatic N) is 2. The van der Waals surface area contributed by atoms with E-state index in [1.807, 2.05) is 12.2 Å². The number of esters is 1. The fraction of sp³-hybridized carbons (Fsp3) is 0.400. The third-order valence-corrected chi connectivity index (χ3v) is 5.92. The lowest BCUT2D eigenvalue weighted by molar-refractivity contribution is -0.384. The molecule has 0 unspecified atom stereocenters. The number of hydrogen-bond acceptors (Lipinski definition) is 7. The highest BCUT2D eigenvalue weighted by atomic mass is 16.6. The largest absolute Gasteiger partial charge is 0.454 e. The normalized spacial score (nSPS) is 27.2.